The first-order valence-electron chi connectivity index (χ1n) is 5.43. The van der Waals surface area contributed by atoms with Gasteiger partial charge in [-0.1, -0.05) is 0 Å². The van der Waals surface area contributed by atoms with Crippen molar-refractivity contribution in [3.8, 4) is 0 Å². The number of hydrogen-bond donors (Lipinski definition) is 1. The van der Waals surface area contributed by atoms with E-state index in [0.29, 0.717) is 19.0 Å². The van der Waals surface area contributed by atoms with Crippen molar-refractivity contribution in [2.45, 2.75) is 26.3 Å². The molecule has 2 N–H and O–H groups in total. The molecule has 0 atom stereocenters. The average Bonchev–Trinajstić information content (AvgIpc) is 2.61. The molecule has 1 aromatic heterocycles. The number of nitrogens with two attached hydrogens (primary N) is 1. The molecule has 0 aromatic carbocycles. The Balaban J connectivity index is 3.02. The van der Waals surface area contributed by atoms with E-state index in [4.69, 9.17) is 15.2 Å². The monoisotopic (exact) mass is 241 g/mol. The number of nitrogens with zero attached hydrogens (tertiary/aromatic N) is 2. The molecule has 0 saturated heterocycles. The Morgan fingerprint density at radius 3 is 2.76 bits per heavy atom. The largest absolute Gasteiger partial charge is 0.461 e. The Morgan fingerprint density at radius 2 is 2.24 bits per heavy atom. The van der Waals surface area contributed by atoms with Crippen LogP contribution in [0.2, 0.25) is 0 Å². The van der Waals surface area contributed by atoms with E-state index in [9.17, 15) is 4.79 Å². The van der Waals surface area contributed by atoms with Crippen LogP contribution in [0.25, 0.3) is 0 Å². The van der Waals surface area contributed by atoms with Crippen molar-refractivity contribution in [3.63, 3.8) is 0 Å². The van der Waals surface area contributed by atoms with Crippen LogP contribution in [0.3, 0.4) is 0 Å². The molecule has 0 bridgehead atoms. The minimum atomic E-state index is -0.503. The molecule has 6 heteroatoms. The van der Waals surface area contributed by atoms with E-state index in [1.165, 1.54) is 6.33 Å². The van der Waals surface area contributed by atoms with Gasteiger partial charge >= 0.3 is 5.97 Å². The predicted octanol–water partition coefficient (Wildman–Crippen LogP) is 1.02. The minimum Gasteiger partial charge on any atom is -0.461 e. The predicted molar refractivity (Wildman–Crippen MR) is 63.8 cm³/mol. The van der Waals surface area contributed by atoms with Gasteiger partial charge in [-0.2, -0.15) is 0 Å². The van der Waals surface area contributed by atoms with Crippen molar-refractivity contribution in [2.24, 2.45) is 0 Å². The summed E-state index contributed by atoms with van der Waals surface area (Å²) in [5.41, 5.74) is 5.68. The first kappa shape index (κ1) is 13.5. The minimum absolute atomic E-state index is 0.149. The molecular formula is C11H19N3O3. The lowest BCUT2D eigenvalue weighted by Gasteiger charge is -2.26. The van der Waals surface area contributed by atoms with Crippen molar-refractivity contribution >= 4 is 11.8 Å². The number of ether oxygens (including phenoxy) is 2. The second kappa shape index (κ2) is 5.18. The zero-order valence-electron chi connectivity index (χ0n) is 10.7. The van der Waals surface area contributed by atoms with Gasteiger partial charge in [0.1, 0.15) is 5.82 Å². The molecule has 0 aliphatic carbocycles. The smallest absolute Gasteiger partial charge is 0.360 e. The van der Waals surface area contributed by atoms with Crippen LogP contribution in [0.5, 0.6) is 0 Å². The van der Waals surface area contributed by atoms with E-state index in [-0.39, 0.29) is 11.2 Å². The molecule has 1 rings (SSSR count). The van der Waals surface area contributed by atoms with E-state index >= 15 is 0 Å². The maximum Gasteiger partial charge on any atom is 0.360 e. The Labute approximate surface area is 101 Å². The van der Waals surface area contributed by atoms with Crippen LogP contribution in [0.15, 0.2) is 6.33 Å². The Bertz CT molecular complexity index is 399. The number of methoxy groups -OCH3 is 1. The highest BCUT2D eigenvalue weighted by Crippen LogP contribution is 2.22. The normalized spacial score (nSPS) is 11.5. The molecule has 1 heterocycles. The Kier molecular flexibility index (Phi) is 4.11. The molecule has 96 valence electrons. The number of imidazole rings is 1. The highest BCUT2D eigenvalue weighted by Gasteiger charge is 2.26. The van der Waals surface area contributed by atoms with Gasteiger partial charge in [-0.3, -0.25) is 0 Å². The second-order valence-corrected chi connectivity index (χ2v) is 4.31. The fourth-order valence-corrected chi connectivity index (χ4v) is 1.62. The number of aromatic nitrogens is 2. The van der Waals surface area contributed by atoms with E-state index in [1.54, 1.807) is 18.6 Å². The van der Waals surface area contributed by atoms with Crippen LogP contribution in [-0.4, -0.2) is 35.8 Å². The van der Waals surface area contributed by atoms with Gasteiger partial charge in [0.05, 0.1) is 25.1 Å². The van der Waals surface area contributed by atoms with Gasteiger partial charge in [0, 0.05) is 7.11 Å². The molecule has 17 heavy (non-hydrogen) atoms. The molecule has 0 fully saturated rings. The SMILES string of the molecule is CCOC(=O)c1ncn(C(C)(C)COC)c1N. The van der Waals surface area contributed by atoms with Gasteiger partial charge in [-0.15, -0.1) is 0 Å². The lowest BCUT2D eigenvalue weighted by Crippen LogP contribution is -2.32. The number of anilines is 1. The number of carbonyl (C=O) groups is 1. The van der Waals surface area contributed by atoms with Gasteiger partial charge in [-0.05, 0) is 20.8 Å². The summed E-state index contributed by atoms with van der Waals surface area (Å²) >= 11 is 0. The fraction of sp³-hybridized carbons (Fsp3) is 0.636. The molecule has 0 aliphatic rings. The van der Waals surface area contributed by atoms with Crippen LogP contribution in [0.1, 0.15) is 31.3 Å². The third-order valence-corrected chi connectivity index (χ3v) is 2.42. The third-order valence-electron chi connectivity index (χ3n) is 2.42. The summed E-state index contributed by atoms with van der Waals surface area (Å²) in [6.45, 7) is 6.40. The Hall–Kier alpha value is -1.56. The highest BCUT2D eigenvalue weighted by atomic mass is 16.5. The van der Waals surface area contributed by atoms with Crippen molar-refractivity contribution in [3.05, 3.63) is 12.0 Å². The number of rotatable bonds is 5. The third kappa shape index (κ3) is 2.76. The van der Waals surface area contributed by atoms with Gasteiger partial charge < -0.3 is 19.8 Å². The topological polar surface area (TPSA) is 79.4 Å². The van der Waals surface area contributed by atoms with Crippen LogP contribution in [0, 0.1) is 0 Å². The molecular weight excluding hydrogens is 222 g/mol. The van der Waals surface area contributed by atoms with Crippen molar-refractivity contribution in [1.82, 2.24) is 9.55 Å². The number of carbonyl (C=O) groups excluding carboxylic acids is 1. The van der Waals surface area contributed by atoms with Crippen LogP contribution >= 0.6 is 0 Å². The summed E-state index contributed by atoms with van der Waals surface area (Å²) in [6, 6.07) is 0. The molecule has 0 amide bonds. The number of nitrogen functional groups attached to an aromatic ring is 1. The molecule has 1 aromatic rings. The standard InChI is InChI=1S/C11H19N3O3/c1-5-17-10(15)8-9(12)14(7-13-8)11(2,3)6-16-4/h7H,5-6,12H2,1-4H3. The van der Waals surface area contributed by atoms with Gasteiger partial charge in [0.25, 0.3) is 0 Å². The van der Waals surface area contributed by atoms with E-state index in [0.717, 1.165) is 0 Å². The quantitative estimate of drug-likeness (QED) is 0.779. The molecule has 0 unspecified atom stereocenters. The summed E-state index contributed by atoms with van der Waals surface area (Å²) in [4.78, 5) is 15.5. The first-order chi connectivity index (χ1) is 7.94. The zero-order valence-corrected chi connectivity index (χ0v) is 10.7. The van der Waals surface area contributed by atoms with Crippen molar-refractivity contribution < 1.29 is 14.3 Å². The van der Waals surface area contributed by atoms with Crippen molar-refractivity contribution in [2.75, 3.05) is 26.1 Å². The number of hydrogen-bond acceptors (Lipinski definition) is 5. The summed E-state index contributed by atoms with van der Waals surface area (Å²) in [7, 11) is 1.61. The van der Waals surface area contributed by atoms with E-state index < -0.39 is 5.97 Å². The zero-order chi connectivity index (χ0) is 13.1. The number of esters is 1. The van der Waals surface area contributed by atoms with Crippen LogP contribution < -0.4 is 5.73 Å². The maximum atomic E-state index is 11.6. The Morgan fingerprint density at radius 1 is 1.59 bits per heavy atom. The fourth-order valence-electron chi connectivity index (χ4n) is 1.62. The lowest BCUT2D eigenvalue weighted by molar-refractivity contribution is 0.0521. The van der Waals surface area contributed by atoms with Crippen molar-refractivity contribution in [1.29, 1.82) is 0 Å². The van der Waals surface area contributed by atoms with Crippen LogP contribution in [0.4, 0.5) is 5.82 Å². The van der Waals surface area contributed by atoms with Gasteiger partial charge in [0.2, 0.25) is 0 Å². The molecule has 6 nitrogen and oxygen atoms in total. The average molecular weight is 241 g/mol. The lowest BCUT2D eigenvalue weighted by atomic mass is 10.1. The first-order valence-corrected chi connectivity index (χ1v) is 5.43. The molecule has 0 saturated carbocycles. The second-order valence-electron chi connectivity index (χ2n) is 4.31. The summed E-state index contributed by atoms with van der Waals surface area (Å²) in [5, 5.41) is 0. The molecule has 0 spiro atoms. The maximum absolute atomic E-state index is 11.6. The highest BCUT2D eigenvalue weighted by molar-refractivity contribution is 5.92. The molecule has 0 aliphatic heterocycles. The van der Waals surface area contributed by atoms with Gasteiger partial charge in [0.15, 0.2) is 5.69 Å². The summed E-state index contributed by atoms with van der Waals surface area (Å²) in [5.74, 6) is -0.206. The van der Waals surface area contributed by atoms with E-state index in [1.807, 2.05) is 13.8 Å². The summed E-state index contributed by atoms with van der Waals surface area (Å²) < 4.78 is 11.7. The summed E-state index contributed by atoms with van der Waals surface area (Å²) in [6.07, 6.45) is 1.53. The van der Waals surface area contributed by atoms with Gasteiger partial charge in [-0.25, -0.2) is 9.78 Å². The molecule has 0 radical (unpaired) electrons. The van der Waals surface area contributed by atoms with E-state index in [2.05, 4.69) is 4.98 Å². The van der Waals surface area contributed by atoms with Crippen LogP contribution in [-0.2, 0) is 15.0 Å².